The Balaban J connectivity index is 1.49. The number of nitrogens with one attached hydrogen (secondary N) is 1. The molecule has 0 aliphatic carbocycles. The minimum absolute atomic E-state index is 0.165. The Bertz CT molecular complexity index is 1110. The molecule has 0 spiro atoms. The molecule has 1 N–H and O–H groups in total. The quantitative estimate of drug-likeness (QED) is 0.256. The van der Waals surface area contributed by atoms with Crippen molar-refractivity contribution in [3.63, 3.8) is 0 Å². The predicted octanol–water partition coefficient (Wildman–Crippen LogP) is 5.71. The van der Waals surface area contributed by atoms with E-state index in [2.05, 4.69) is 10.5 Å². The van der Waals surface area contributed by atoms with Gasteiger partial charge in [-0.25, -0.2) is 5.43 Å². The Labute approximate surface area is 209 Å². The van der Waals surface area contributed by atoms with Crippen LogP contribution in [0, 0.1) is 0 Å². The lowest BCUT2D eigenvalue weighted by Crippen LogP contribution is -2.19. The fraction of sp³-hybridized carbons (Fsp3) is 0.231. The highest BCUT2D eigenvalue weighted by molar-refractivity contribution is 7.99. The molecule has 178 valence electrons. The molecular formula is C26H27ClN2O4S. The number of halogens is 1. The molecule has 0 fully saturated rings. The zero-order chi connectivity index (χ0) is 24.2. The minimum atomic E-state index is -0.165. The Kier molecular flexibility index (Phi) is 10.1. The van der Waals surface area contributed by atoms with Crippen LogP contribution in [0.2, 0.25) is 5.02 Å². The maximum atomic E-state index is 12.1. The van der Waals surface area contributed by atoms with Crippen molar-refractivity contribution in [1.29, 1.82) is 0 Å². The third-order valence-corrected chi connectivity index (χ3v) is 5.85. The number of amides is 1. The van der Waals surface area contributed by atoms with Crippen LogP contribution in [0.25, 0.3) is 0 Å². The van der Waals surface area contributed by atoms with Crippen molar-refractivity contribution in [1.82, 2.24) is 5.43 Å². The molecule has 0 radical (unpaired) electrons. The Hall–Kier alpha value is -3.16. The summed E-state index contributed by atoms with van der Waals surface area (Å²) in [5.74, 6) is 2.92. The molecule has 6 nitrogen and oxygen atoms in total. The van der Waals surface area contributed by atoms with E-state index in [1.807, 2.05) is 73.7 Å². The summed E-state index contributed by atoms with van der Waals surface area (Å²) >= 11 is 7.55. The van der Waals surface area contributed by atoms with Gasteiger partial charge in [0.15, 0.2) is 11.5 Å². The third-order valence-electron chi connectivity index (χ3n) is 4.61. The SMILES string of the molecule is CCOc1cc(/C=N\NC(=O)CSCc2ccc(OC)cc2)ccc1OCc1cccc(Cl)c1. The van der Waals surface area contributed by atoms with Gasteiger partial charge in [-0.3, -0.25) is 4.79 Å². The summed E-state index contributed by atoms with van der Waals surface area (Å²) in [6.07, 6.45) is 1.58. The van der Waals surface area contributed by atoms with Crippen LogP contribution < -0.4 is 19.6 Å². The summed E-state index contributed by atoms with van der Waals surface area (Å²) in [5.41, 5.74) is 5.43. The molecule has 0 saturated heterocycles. The number of carbonyl (C=O) groups is 1. The maximum Gasteiger partial charge on any atom is 0.250 e. The average Bonchev–Trinajstić information content (AvgIpc) is 2.84. The summed E-state index contributed by atoms with van der Waals surface area (Å²) in [7, 11) is 1.64. The molecule has 1 amide bonds. The predicted molar refractivity (Wildman–Crippen MR) is 138 cm³/mol. The molecule has 8 heteroatoms. The summed E-state index contributed by atoms with van der Waals surface area (Å²) in [4.78, 5) is 12.1. The van der Waals surface area contributed by atoms with Crippen LogP contribution in [0.5, 0.6) is 17.2 Å². The highest BCUT2D eigenvalue weighted by Gasteiger charge is 2.07. The van der Waals surface area contributed by atoms with E-state index in [4.69, 9.17) is 25.8 Å². The van der Waals surface area contributed by atoms with Gasteiger partial charge in [0.2, 0.25) is 5.91 Å². The van der Waals surface area contributed by atoms with E-state index < -0.39 is 0 Å². The second-order valence-corrected chi connectivity index (χ2v) is 8.61. The normalized spacial score (nSPS) is 10.8. The molecule has 0 heterocycles. The van der Waals surface area contributed by atoms with Gasteiger partial charge in [0.25, 0.3) is 0 Å². The van der Waals surface area contributed by atoms with Crippen LogP contribution in [-0.4, -0.2) is 31.6 Å². The molecule has 3 aromatic carbocycles. The molecule has 3 rings (SSSR count). The number of hydrazone groups is 1. The Morgan fingerprint density at radius 3 is 2.59 bits per heavy atom. The number of thioether (sulfide) groups is 1. The monoisotopic (exact) mass is 498 g/mol. The molecular weight excluding hydrogens is 472 g/mol. The van der Waals surface area contributed by atoms with Gasteiger partial charge < -0.3 is 14.2 Å². The van der Waals surface area contributed by atoms with E-state index in [9.17, 15) is 4.79 Å². The van der Waals surface area contributed by atoms with Gasteiger partial charge in [0.05, 0.1) is 25.7 Å². The van der Waals surface area contributed by atoms with Gasteiger partial charge in [-0.05, 0) is 66.1 Å². The summed E-state index contributed by atoms with van der Waals surface area (Å²) < 4.78 is 16.8. The average molecular weight is 499 g/mol. The molecule has 34 heavy (non-hydrogen) atoms. The van der Waals surface area contributed by atoms with Crippen molar-refractivity contribution in [3.8, 4) is 17.2 Å². The smallest absolute Gasteiger partial charge is 0.250 e. The third kappa shape index (κ3) is 8.32. The molecule has 0 aliphatic heterocycles. The zero-order valence-electron chi connectivity index (χ0n) is 19.1. The van der Waals surface area contributed by atoms with Gasteiger partial charge in [0.1, 0.15) is 12.4 Å². The number of methoxy groups -OCH3 is 1. The first kappa shape index (κ1) is 25.5. The van der Waals surface area contributed by atoms with E-state index in [-0.39, 0.29) is 5.91 Å². The lowest BCUT2D eigenvalue weighted by atomic mass is 10.2. The van der Waals surface area contributed by atoms with Crippen molar-refractivity contribution in [2.24, 2.45) is 5.10 Å². The van der Waals surface area contributed by atoms with Gasteiger partial charge in [-0.1, -0.05) is 35.9 Å². The van der Waals surface area contributed by atoms with E-state index in [0.29, 0.717) is 35.5 Å². The van der Waals surface area contributed by atoms with Gasteiger partial charge in [-0.15, -0.1) is 11.8 Å². The Morgan fingerprint density at radius 1 is 1.03 bits per heavy atom. The number of ether oxygens (including phenoxy) is 3. The fourth-order valence-electron chi connectivity index (χ4n) is 2.97. The fourth-order valence-corrected chi connectivity index (χ4v) is 3.97. The summed E-state index contributed by atoms with van der Waals surface area (Å²) in [5, 5.41) is 4.72. The first-order valence-electron chi connectivity index (χ1n) is 10.7. The minimum Gasteiger partial charge on any atom is -0.497 e. The zero-order valence-corrected chi connectivity index (χ0v) is 20.7. The van der Waals surface area contributed by atoms with E-state index in [0.717, 1.165) is 28.2 Å². The molecule has 0 atom stereocenters. The Morgan fingerprint density at radius 2 is 1.85 bits per heavy atom. The van der Waals surface area contributed by atoms with E-state index in [1.54, 1.807) is 13.3 Å². The van der Waals surface area contributed by atoms with Crippen LogP contribution in [0.15, 0.2) is 71.8 Å². The van der Waals surface area contributed by atoms with Gasteiger partial charge in [0, 0.05) is 10.8 Å². The number of nitrogens with zero attached hydrogens (tertiary/aromatic N) is 1. The molecule has 0 unspecified atom stereocenters. The van der Waals surface area contributed by atoms with Gasteiger partial charge >= 0.3 is 0 Å². The van der Waals surface area contributed by atoms with Crippen molar-refractivity contribution < 1.29 is 19.0 Å². The van der Waals surface area contributed by atoms with Crippen LogP contribution in [-0.2, 0) is 17.2 Å². The molecule has 3 aromatic rings. The topological polar surface area (TPSA) is 69.2 Å². The van der Waals surface area contributed by atoms with Crippen molar-refractivity contribution >= 4 is 35.5 Å². The maximum absolute atomic E-state index is 12.1. The molecule has 0 aromatic heterocycles. The second kappa shape index (κ2) is 13.5. The van der Waals surface area contributed by atoms with Crippen molar-refractivity contribution in [2.75, 3.05) is 19.5 Å². The number of carbonyl (C=O) groups excluding carboxylic acids is 1. The molecule has 0 bridgehead atoms. The first-order chi connectivity index (χ1) is 16.6. The molecule has 0 saturated carbocycles. The number of hydrogen-bond donors (Lipinski definition) is 1. The number of benzene rings is 3. The van der Waals surface area contributed by atoms with Crippen molar-refractivity contribution in [3.05, 3.63) is 88.4 Å². The lowest BCUT2D eigenvalue weighted by molar-refractivity contribution is -0.118. The number of rotatable bonds is 12. The van der Waals surface area contributed by atoms with E-state index in [1.165, 1.54) is 11.8 Å². The summed E-state index contributed by atoms with van der Waals surface area (Å²) in [6.45, 7) is 2.78. The van der Waals surface area contributed by atoms with Crippen LogP contribution in [0.1, 0.15) is 23.6 Å². The van der Waals surface area contributed by atoms with Crippen molar-refractivity contribution in [2.45, 2.75) is 19.3 Å². The van der Waals surface area contributed by atoms with Crippen LogP contribution in [0.3, 0.4) is 0 Å². The summed E-state index contributed by atoms with van der Waals surface area (Å²) in [6, 6.07) is 20.8. The largest absolute Gasteiger partial charge is 0.497 e. The molecule has 0 aliphatic rings. The first-order valence-corrected chi connectivity index (χ1v) is 12.3. The van der Waals surface area contributed by atoms with Gasteiger partial charge in [-0.2, -0.15) is 5.10 Å². The number of hydrogen-bond acceptors (Lipinski definition) is 6. The second-order valence-electron chi connectivity index (χ2n) is 7.19. The highest BCUT2D eigenvalue weighted by atomic mass is 35.5. The van der Waals surface area contributed by atoms with Crippen LogP contribution in [0.4, 0.5) is 0 Å². The standard InChI is InChI=1S/C26H27ClN2O4S/c1-3-32-25-14-20(9-12-24(25)33-16-21-5-4-6-22(27)13-21)15-28-29-26(30)18-34-17-19-7-10-23(31-2)11-8-19/h4-15H,3,16-18H2,1-2H3,(H,29,30)/b28-15-. The van der Waals surface area contributed by atoms with E-state index >= 15 is 0 Å². The van der Waals surface area contributed by atoms with Crippen LogP contribution >= 0.6 is 23.4 Å². The highest BCUT2D eigenvalue weighted by Crippen LogP contribution is 2.29. The lowest BCUT2D eigenvalue weighted by Gasteiger charge is -2.12.